The van der Waals surface area contributed by atoms with Gasteiger partial charge in [-0.1, -0.05) is 52.2 Å². The monoisotopic (exact) mass is 309 g/mol. The van der Waals surface area contributed by atoms with E-state index in [1.807, 2.05) is 20.9 Å². The highest BCUT2D eigenvalue weighted by Gasteiger charge is 2.24. The van der Waals surface area contributed by atoms with Crippen molar-refractivity contribution in [3.63, 3.8) is 0 Å². The number of ether oxygens (including phenoxy) is 1. The van der Waals surface area contributed by atoms with Crippen molar-refractivity contribution < 1.29 is 9.53 Å². The standard InChI is InChI=1S/C14H23N3O2.C3H8/c1-10(2)12(18)9-19-13-8-6-4-5-7-11-14(13)17(3)16-15-11;1-3-2/h10,13H,4-9H2,1-3H3;3H2,1-2H3. The zero-order chi connectivity index (χ0) is 16.5. The van der Waals surface area contributed by atoms with Gasteiger partial charge >= 0.3 is 0 Å². The molecule has 1 aromatic rings. The summed E-state index contributed by atoms with van der Waals surface area (Å²) >= 11 is 0. The number of fused-ring (bicyclic) bond motifs is 1. The number of hydrogen-bond acceptors (Lipinski definition) is 4. The molecule has 0 N–H and O–H groups in total. The number of aromatic nitrogens is 3. The molecule has 0 saturated carbocycles. The predicted octanol–water partition coefficient (Wildman–Crippen LogP) is 3.63. The molecule has 22 heavy (non-hydrogen) atoms. The summed E-state index contributed by atoms with van der Waals surface area (Å²) < 4.78 is 7.65. The van der Waals surface area contributed by atoms with Crippen LogP contribution >= 0.6 is 0 Å². The van der Waals surface area contributed by atoms with Gasteiger partial charge in [0, 0.05) is 13.0 Å². The minimum absolute atomic E-state index is 0.0256. The molecule has 5 nitrogen and oxygen atoms in total. The fourth-order valence-electron chi connectivity index (χ4n) is 2.43. The molecule has 0 fully saturated rings. The van der Waals surface area contributed by atoms with Gasteiger partial charge in [-0.25, -0.2) is 4.68 Å². The minimum atomic E-state index is -0.0435. The Hall–Kier alpha value is -1.23. The first kappa shape index (κ1) is 18.8. The number of aryl methyl sites for hydroxylation is 2. The lowest BCUT2D eigenvalue weighted by Gasteiger charge is -2.21. The first-order valence-electron chi connectivity index (χ1n) is 8.53. The van der Waals surface area contributed by atoms with Crippen molar-refractivity contribution in [1.82, 2.24) is 15.0 Å². The zero-order valence-corrected chi connectivity index (χ0v) is 14.8. The molecule has 1 aliphatic rings. The van der Waals surface area contributed by atoms with E-state index in [0.717, 1.165) is 37.1 Å². The van der Waals surface area contributed by atoms with Crippen LogP contribution in [0, 0.1) is 5.92 Å². The van der Waals surface area contributed by atoms with Crippen LogP contribution in [0.1, 0.15) is 77.3 Å². The van der Waals surface area contributed by atoms with Gasteiger partial charge in [-0.15, -0.1) is 5.10 Å². The molecule has 0 aliphatic heterocycles. The van der Waals surface area contributed by atoms with E-state index in [9.17, 15) is 4.79 Å². The molecule has 126 valence electrons. The third kappa shape index (κ3) is 5.52. The summed E-state index contributed by atoms with van der Waals surface area (Å²) in [6.07, 6.45) is 6.58. The van der Waals surface area contributed by atoms with Crippen molar-refractivity contribution in [2.75, 3.05) is 6.61 Å². The first-order valence-corrected chi connectivity index (χ1v) is 8.53. The van der Waals surface area contributed by atoms with E-state index >= 15 is 0 Å². The molecule has 1 aromatic heterocycles. The predicted molar refractivity (Wildman–Crippen MR) is 87.7 cm³/mol. The Morgan fingerprint density at radius 1 is 1.32 bits per heavy atom. The molecule has 1 unspecified atom stereocenters. The number of carbonyl (C=O) groups excluding carboxylic acids is 1. The zero-order valence-electron chi connectivity index (χ0n) is 14.8. The second-order valence-electron chi connectivity index (χ2n) is 6.27. The summed E-state index contributed by atoms with van der Waals surface area (Å²) in [4.78, 5) is 11.7. The summed E-state index contributed by atoms with van der Waals surface area (Å²) in [5.41, 5.74) is 2.08. The Kier molecular flexibility index (Phi) is 8.31. The van der Waals surface area contributed by atoms with Crippen LogP contribution in [0.2, 0.25) is 0 Å². The van der Waals surface area contributed by atoms with E-state index in [1.54, 1.807) is 4.68 Å². The SMILES string of the molecule is CC(C)C(=O)COC1CCCCCc2nnn(C)c21.CCC. The topological polar surface area (TPSA) is 57.0 Å². The number of ketones is 1. The average Bonchev–Trinajstić information content (AvgIpc) is 2.79. The van der Waals surface area contributed by atoms with E-state index in [0.29, 0.717) is 0 Å². The van der Waals surface area contributed by atoms with Crippen LogP contribution in [0.3, 0.4) is 0 Å². The molecule has 1 atom stereocenters. The summed E-state index contributed by atoms with van der Waals surface area (Å²) in [5.74, 6) is 0.177. The van der Waals surface area contributed by atoms with Crippen LogP contribution in [0.25, 0.3) is 0 Å². The third-order valence-corrected chi connectivity index (χ3v) is 3.70. The van der Waals surface area contributed by atoms with Crippen molar-refractivity contribution >= 4 is 5.78 Å². The van der Waals surface area contributed by atoms with Crippen LogP contribution in [-0.4, -0.2) is 27.4 Å². The van der Waals surface area contributed by atoms with Gasteiger partial charge < -0.3 is 4.74 Å². The molecule has 0 amide bonds. The third-order valence-electron chi connectivity index (χ3n) is 3.70. The highest BCUT2D eigenvalue weighted by atomic mass is 16.5. The maximum Gasteiger partial charge on any atom is 0.161 e. The molecule has 0 saturated heterocycles. The smallest absolute Gasteiger partial charge is 0.161 e. The summed E-state index contributed by atoms with van der Waals surface area (Å²) in [6.45, 7) is 8.24. The van der Waals surface area contributed by atoms with Crippen molar-refractivity contribution in [2.45, 2.75) is 72.3 Å². The molecule has 1 aliphatic carbocycles. The van der Waals surface area contributed by atoms with E-state index in [-0.39, 0.29) is 24.4 Å². The van der Waals surface area contributed by atoms with Gasteiger partial charge in [0.05, 0.1) is 11.4 Å². The maximum atomic E-state index is 11.7. The maximum absolute atomic E-state index is 11.7. The summed E-state index contributed by atoms with van der Waals surface area (Å²) in [5, 5.41) is 8.31. The van der Waals surface area contributed by atoms with Gasteiger partial charge in [0.2, 0.25) is 0 Å². The van der Waals surface area contributed by atoms with Gasteiger partial charge in [-0.2, -0.15) is 0 Å². The largest absolute Gasteiger partial charge is 0.364 e. The van der Waals surface area contributed by atoms with E-state index in [4.69, 9.17) is 4.74 Å². The van der Waals surface area contributed by atoms with Gasteiger partial charge in [0.15, 0.2) is 5.78 Å². The number of rotatable bonds is 4. The fourth-order valence-corrected chi connectivity index (χ4v) is 2.43. The van der Waals surface area contributed by atoms with Crippen LogP contribution < -0.4 is 0 Å². The van der Waals surface area contributed by atoms with Gasteiger partial charge in [0.1, 0.15) is 12.7 Å². The van der Waals surface area contributed by atoms with E-state index in [2.05, 4.69) is 24.2 Å². The molecule has 0 radical (unpaired) electrons. The fraction of sp³-hybridized carbons (Fsp3) is 0.824. The van der Waals surface area contributed by atoms with Crippen molar-refractivity contribution in [2.24, 2.45) is 13.0 Å². The van der Waals surface area contributed by atoms with E-state index < -0.39 is 0 Å². The Bertz CT molecular complexity index is 455. The second kappa shape index (κ2) is 9.72. The van der Waals surface area contributed by atoms with Crippen LogP contribution in [0.4, 0.5) is 0 Å². The lowest BCUT2D eigenvalue weighted by molar-refractivity contribution is -0.129. The number of Topliss-reactive ketones (excluding diaryl/α,β-unsaturated/α-hetero) is 1. The average molecular weight is 309 g/mol. The van der Waals surface area contributed by atoms with Crippen LogP contribution in [0.5, 0.6) is 0 Å². The number of nitrogens with zero attached hydrogens (tertiary/aromatic N) is 3. The lowest BCUT2D eigenvalue weighted by atomic mass is 9.98. The van der Waals surface area contributed by atoms with Gasteiger partial charge in [0.25, 0.3) is 0 Å². The quantitative estimate of drug-likeness (QED) is 0.852. The van der Waals surface area contributed by atoms with Crippen molar-refractivity contribution in [1.29, 1.82) is 0 Å². The molecule has 1 heterocycles. The molecule has 0 spiro atoms. The number of hydrogen-bond donors (Lipinski definition) is 0. The van der Waals surface area contributed by atoms with Crippen LogP contribution in [-0.2, 0) is 23.0 Å². The normalized spacial score (nSPS) is 18.0. The Labute approximate surface area is 134 Å². The molecular formula is C17H31N3O2. The van der Waals surface area contributed by atoms with Crippen molar-refractivity contribution in [3.8, 4) is 0 Å². The summed E-state index contributed by atoms with van der Waals surface area (Å²) in [6, 6.07) is 0. The van der Waals surface area contributed by atoms with Gasteiger partial charge in [-0.3, -0.25) is 4.79 Å². The highest BCUT2D eigenvalue weighted by molar-refractivity contribution is 5.81. The second-order valence-corrected chi connectivity index (χ2v) is 6.27. The van der Waals surface area contributed by atoms with Crippen LogP contribution in [0.15, 0.2) is 0 Å². The van der Waals surface area contributed by atoms with Gasteiger partial charge in [-0.05, 0) is 19.3 Å². The molecular weight excluding hydrogens is 278 g/mol. The molecule has 2 rings (SSSR count). The first-order chi connectivity index (χ1) is 10.5. The Balaban J connectivity index is 0.000000745. The Morgan fingerprint density at radius 3 is 2.64 bits per heavy atom. The number of carbonyl (C=O) groups is 1. The van der Waals surface area contributed by atoms with E-state index in [1.165, 1.54) is 12.8 Å². The molecule has 5 heteroatoms. The minimum Gasteiger partial charge on any atom is -0.364 e. The highest BCUT2D eigenvalue weighted by Crippen LogP contribution is 2.29. The Morgan fingerprint density at radius 2 is 2.00 bits per heavy atom. The molecule has 0 bridgehead atoms. The lowest BCUT2D eigenvalue weighted by Crippen LogP contribution is -2.20. The van der Waals surface area contributed by atoms with Crippen molar-refractivity contribution in [3.05, 3.63) is 11.4 Å². The molecule has 0 aromatic carbocycles. The summed E-state index contributed by atoms with van der Waals surface area (Å²) in [7, 11) is 1.90.